The fourth-order valence-electron chi connectivity index (χ4n) is 0.925. The van der Waals surface area contributed by atoms with Crippen molar-refractivity contribution in [1.82, 2.24) is 0 Å². The summed E-state index contributed by atoms with van der Waals surface area (Å²) in [4.78, 5) is 10.9. The quantitative estimate of drug-likeness (QED) is 0.683. The van der Waals surface area contributed by atoms with Gasteiger partial charge in [0.25, 0.3) is 0 Å². The van der Waals surface area contributed by atoms with Crippen molar-refractivity contribution in [1.29, 1.82) is 0 Å². The normalized spacial score (nSPS) is 9.69. The molecule has 0 radical (unpaired) electrons. The number of ketones is 1. The van der Waals surface area contributed by atoms with E-state index >= 15 is 0 Å². The molecule has 0 bridgehead atoms. The Balaban J connectivity index is 2.89. The molecule has 0 saturated heterocycles. The highest BCUT2D eigenvalue weighted by atomic mass is 35.5. The number of hydrogen-bond donors (Lipinski definition) is 0. The predicted octanol–water partition coefficient (Wildman–Crippen LogP) is 2.78. The second-order valence-corrected chi connectivity index (χ2v) is 3.02. The van der Waals surface area contributed by atoms with Gasteiger partial charge in [0, 0.05) is 11.4 Å². The third-order valence-electron chi connectivity index (χ3n) is 1.61. The topological polar surface area (TPSA) is 17.1 Å². The van der Waals surface area contributed by atoms with Crippen LogP contribution in [0, 0.1) is 5.82 Å². The van der Waals surface area contributed by atoms with E-state index in [1.165, 1.54) is 18.2 Å². The lowest BCUT2D eigenvalue weighted by Gasteiger charge is -1.99. The zero-order valence-corrected chi connectivity index (χ0v) is 7.64. The highest BCUT2D eigenvalue weighted by molar-refractivity contribution is 6.30. The lowest BCUT2D eigenvalue weighted by Crippen LogP contribution is -2.00. The number of carbonyl (C=O) groups is 1. The monoisotopic (exact) mass is 198 g/mol. The van der Waals surface area contributed by atoms with Crippen LogP contribution in [0.15, 0.2) is 30.9 Å². The maximum atomic E-state index is 13.1. The average molecular weight is 199 g/mol. The van der Waals surface area contributed by atoms with E-state index in [1.54, 1.807) is 6.07 Å². The van der Waals surface area contributed by atoms with Crippen LogP contribution in [0.5, 0.6) is 0 Å². The van der Waals surface area contributed by atoms with E-state index < -0.39 is 5.82 Å². The number of allylic oxidation sites excluding steroid dienone is 1. The number of rotatable bonds is 3. The number of halogens is 2. The van der Waals surface area contributed by atoms with Crippen LogP contribution in [0.25, 0.3) is 0 Å². The summed E-state index contributed by atoms with van der Waals surface area (Å²) in [5.41, 5.74) is 0.342. The molecule has 0 spiro atoms. The summed E-state index contributed by atoms with van der Waals surface area (Å²) >= 11 is 5.54. The Morgan fingerprint density at radius 2 is 2.31 bits per heavy atom. The Bertz CT molecular complexity index is 347. The zero-order chi connectivity index (χ0) is 9.84. The smallest absolute Gasteiger partial charge is 0.159 e. The maximum Gasteiger partial charge on any atom is 0.159 e. The Hall–Kier alpha value is -1.15. The molecule has 0 saturated carbocycles. The molecule has 0 aliphatic rings. The van der Waals surface area contributed by atoms with Crippen LogP contribution >= 0.6 is 11.6 Å². The van der Waals surface area contributed by atoms with Gasteiger partial charge in [0.05, 0.1) is 0 Å². The Labute approximate surface area is 80.8 Å². The second-order valence-electron chi connectivity index (χ2n) is 2.58. The van der Waals surface area contributed by atoms with Gasteiger partial charge >= 0.3 is 0 Å². The third-order valence-corrected chi connectivity index (χ3v) is 1.84. The molecule has 1 aromatic carbocycles. The molecule has 0 fully saturated rings. The summed E-state index contributed by atoms with van der Waals surface area (Å²) in [6.07, 6.45) is 1.21. The summed E-state index contributed by atoms with van der Waals surface area (Å²) in [5, 5.41) is 0.326. The Kier molecular flexibility index (Phi) is 3.20. The van der Waals surface area contributed by atoms with Crippen molar-refractivity contribution < 1.29 is 9.18 Å². The molecular weight excluding hydrogens is 191 g/mol. The minimum atomic E-state index is -0.456. The minimum Gasteiger partial charge on any atom is -0.295 e. The minimum absolute atomic E-state index is 0.0342. The van der Waals surface area contributed by atoms with Crippen molar-refractivity contribution in [2.24, 2.45) is 0 Å². The van der Waals surface area contributed by atoms with Gasteiger partial charge in [-0.15, -0.1) is 0 Å². The fraction of sp³-hybridized carbons (Fsp3) is 0.100. The van der Waals surface area contributed by atoms with Gasteiger partial charge in [-0.3, -0.25) is 4.79 Å². The summed E-state index contributed by atoms with van der Waals surface area (Å²) in [6, 6.07) is 4.24. The molecular formula is C10H8ClFO. The summed E-state index contributed by atoms with van der Waals surface area (Å²) in [7, 11) is 0. The second kappa shape index (κ2) is 4.19. The van der Waals surface area contributed by atoms with Crippen LogP contribution < -0.4 is 0 Å². The van der Waals surface area contributed by atoms with Gasteiger partial charge in [0.2, 0.25) is 0 Å². The summed E-state index contributed by atoms with van der Waals surface area (Å²) in [6.45, 7) is 3.31. The Morgan fingerprint density at radius 3 is 2.85 bits per heavy atom. The van der Waals surface area contributed by atoms with Gasteiger partial charge in [0.1, 0.15) is 5.82 Å². The fourth-order valence-corrected chi connectivity index (χ4v) is 1.08. The lowest BCUT2D eigenvalue weighted by molar-refractivity contribution is -0.114. The molecule has 1 rings (SSSR count). The van der Waals surface area contributed by atoms with Crippen molar-refractivity contribution in [3.05, 3.63) is 47.3 Å². The Morgan fingerprint density at radius 1 is 1.62 bits per heavy atom. The van der Waals surface area contributed by atoms with E-state index in [9.17, 15) is 9.18 Å². The van der Waals surface area contributed by atoms with E-state index in [2.05, 4.69) is 6.58 Å². The highest BCUT2D eigenvalue weighted by Gasteiger charge is 2.05. The van der Waals surface area contributed by atoms with E-state index in [0.29, 0.717) is 10.6 Å². The first-order valence-electron chi connectivity index (χ1n) is 3.72. The third kappa shape index (κ3) is 2.67. The van der Waals surface area contributed by atoms with Gasteiger partial charge in [-0.25, -0.2) is 4.39 Å². The van der Waals surface area contributed by atoms with Crippen LogP contribution in [0.2, 0.25) is 5.02 Å². The van der Waals surface area contributed by atoms with Crippen molar-refractivity contribution in [3.8, 4) is 0 Å². The van der Waals surface area contributed by atoms with Crippen LogP contribution in [0.3, 0.4) is 0 Å². The molecule has 0 N–H and O–H groups in total. The SMILES string of the molecule is C=CC(=O)Cc1ccc(Cl)cc1F. The van der Waals surface area contributed by atoms with Crippen LogP contribution in [-0.4, -0.2) is 5.78 Å². The molecule has 0 aromatic heterocycles. The molecule has 0 heterocycles. The van der Waals surface area contributed by atoms with Gasteiger partial charge in [-0.2, -0.15) is 0 Å². The predicted molar refractivity (Wildman–Crippen MR) is 50.3 cm³/mol. The van der Waals surface area contributed by atoms with Crippen molar-refractivity contribution in [2.45, 2.75) is 6.42 Å². The van der Waals surface area contributed by atoms with Crippen molar-refractivity contribution in [3.63, 3.8) is 0 Å². The highest BCUT2D eigenvalue weighted by Crippen LogP contribution is 2.15. The number of benzene rings is 1. The van der Waals surface area contributed by atoms with Crippen molar-refractivity contribution in [2.75, 3.05) is 0 Å². The summed E-state index contributed by atoms with van der Waals surface area (Å²) < 4.78 is 13.1. The molecule has 1 aromatic rings. The number of hydrogen-bond acceptors (Lipinski definition) is 1. The van der Waals surface area contributed by atoms with Crippen LogP contribution in [0.4, 0.5) is 4.39 Å². The first-order chi connectivity index (χ1) is 6.13. The van der Waals surface area contributed by atoms with Gasteiger partial charge in [0.15, 0.2) is 5.78 Å². The molecule has 68 valence electrons. The molecule has 3 heteroatoms. The largest absolute Gasteiger partial charge is 0.295 e. The molecule has 13 heavy (non-hydrogen) atoms. The van der Waals surface area contributed by atoms with Gasteiger partial charge in [-0.1, -0.05) is 24.2 Å². The molecule has 0 aliphatic carbocycles. The lowest BCUT2D eigenvalue weighted by atomic mass is 10.1. The van der Waals surface area contributed by atoms with E-state index in [-0.39, 0.29) is 12.2 Å². The maximum absolute atomic E-state index is 13.1. The van der Waals surface area contributed by atoms with Gasteiger partial charge in [-0.05, 0) is 23.8 Å². The molecule has 0 aliphatic heterocycles. The van der Waals surface area contributed by atoms with Crippen LogP contribution in [0.1, 0.15) is 5.56 Å². The molecule has 0 atom stereocenters. The van der Waals surface area contributed by atoms with Crippen molar-refractivity contribution >= 4 is 17.4 Å². The van der Waals surface area contributed by atoms with E-state index in [1.807, 2.05) is 0 Å². The molecule has 0 amide bonds. The standard InChI is InChI=1S/C10H8ClFO/c1-2-9(13)5-7-3-4-8(11)6-10(7)12/h2-4,6H,1,5H2. The zero-order valence-electron chi connectivity index (χ0n) is 6.89. The molecule has 0 unspecified atom stereocenters. The first-order valence-corrected chi connectivity index (χ1v) is 4.10. The molecule has 1 nitrogen and oxygen atoms in total. The van der Waals surface area contributed by atoms with E-state index in [0.717, 1.165) is 0 Å². The van der Waals surface area contributed by atoms with Crippen LogP contribution in [-0.2, 0) is 11.2 Å². The van der Waals surface area contributed by atoms with Gasteiger partial charge < -0.3 is 0 Å². The first kappa shape index (κ1) is 9.93. The van der Waals surface area contributed by atoms with E-state index in [4.69, 9.17) is 11.6 Å². The average Bonchev–Trinajstić information content (AvgIpc) is 2.09. The number of carbonyl (C=O) groups excluding carboxylic acids is 1. The summed E-state index contributed by atoms with van der Waals surface area (Å²) in [5.74, 6) is -0.663.